The highest BCUT2D eigenvalue weighted by Crippen LogP contribution is 2.36. The van der Waals surface area contributed by atoms with Gasteiger partial charge in [-0.2, -0.15) is 0 Å². The van der Waals surface area contributed by atoms with Gasteiger partial charge < -0.3 is 15.8 Å². The minimum absolute atomic E-state index is 0.0364. The molecule has 1 amide bonds. The van der Waals surface area contributed by atoms with Crippen molar-refractivity contribution in [2.75, 3.05) is 13.1 Å². The number of oxime groups is 1. The summed E-state index contributed by atoms with van der Waals surface area (Å²) < 4.78 is 0. The lowest BCUT2D eigenvalue weighted by molar-refractivity contribution is -0.142. The van der Waals surface area contributed by atoms with Crippen LogP contribution in [-0.2, 0) is 4.79 Å². The molecule has 0 atom stereocenters. The Morgan fingerprint density at radius 2 is 1.90 bits per heavy atom. The zero-order valence-electron chi connectivity index (χ0n) is 14.0. The largest absolute Gasteiger partial charge is 0.409 e. The van der Waals surface area contributed by atoms with Crippen molar-refractivity contribution in [2.24, 2.45) is 21.7 Å². The van der Waals surface area contributed by atoms with Gasteiger partial charge in [-0.05, 0) is 31.1 Å². The van der Waals surface area contributed by atoms with E-state index in [4.69, 9.17) is 10.9 Å². The molecule has 122 valence electrons. The average molecular weight is 297 g/mol. The first-order chi connectivity index (χ1) is 9.83. The summed E-state index contributed by atoms with van der Waals surface area (Å²) in [4.78, 5) is 15.1. The molecule has 1 aliphatic rings. The smallest absolute Gasteiger partial charge is 0.236 e. The number of carbonyl (C=O) groups is 1. The monoisotopic (exact) mass is 297 g/mol. The number of amides is 1. The van der Waals surface area contributed by atoms with Crippen molar-refractivity contribution >= 4 is 11.7 Å². The third-order valence-electron chi connectivity index (χ3n) is 4.55. The molecule has 0 spiro atoms. The molecule has 1 heterocycles. The Labute approximate surface area is 128 Å². The lowest BCUT2D eigenvalue weighted by atomic mass is 9.75. The maximum Gasteiger partial charge on any atom is 0.236 e. The van der Waals surface area contributed by atoms with E-state index >= 15 is 0 Å². The lowest BCUT2D eigenvalue weighted by Gasteiger charge is -2.43. The second-order valence-corrected chi connectivity index (χ2v) is 7.06. The molecule has 1 aliphatic heterocycles. The van der Waals surface area contributed by atoms with Gasteiger partial charge in [-0.1, -0.05) is 45.7 Å². The van der Waals surface area contributed by atoms with Crippen molar-refractivity contribution in [1.29, 1.82) is 0 Å². The molecule has 0 unspecified atom stereocenters. The van der Waals surface area contributed by atoms with Crippen molar-refractivity contribution in [1.82, 2.24) is 4.90 Å². The molecule has 1 saturated heterocycles. The summed E-state index contributed by atoms with van der Waals surface area (Å²) in [6.45, 7) is 9.97. The van der Waals surface area contributed by atoms with Gasteiger partial charge in [0.1, 0.15) is 5.41 Å². The summed E-state index contributed by atoms with van der Waals surface area (Å²) in [6.07, 6.45) is 5.08. The number of nitrogens with two attached hydrogens (primary N) is 1. The van der Waals surface area contributed by atoms with E-state index in [1.165, 1.54) is 0 Å². The van der Waals surface area contributed by atoms with Crippen LogP contribution in [0.4, 0.5) is 0 Å². The Balaban J connectivity index is 3.09. The Bertz CT molecular complexity index is 385. The van der Waals surface area contributed by atoms with Crippen LogP contribution in [-0.4, -0.2) is 34.9 Å². The van der Waals surface area contributed by atoms with Crippen LogP contribution in [0.3, 0.4) is 0 Å². The minimum atomic E-state index is -0.842. The molecule has 0 aromatic rings. The van der Waals surface area contributed by atoms with E-state index in [0.717, 1.165) is 38.8 Å². The van der Waals surface area contributed by atoms with Gasteiger partial charge in [0.2, 0.25) is 5.91 Å². The fourth-order valence-electron chi connectivity index (χ4n) is 3.55. The third kappa shape index (κ3) is 3.89. The summed E-state index contributed by atoms with van der Waals surface area (Å²) >= 11 is 0. The van der Waals surface area contributed by atoms with Crippen LogP contribution < -0.4 is 5.73 Å². The van der Waals surface area contributed by atoms with Gasteiger partial charge in [-0.3, -0.25) is 4.79 Å². The van der Waals surface area contributed by atoms with Crippen LogP contribution in [0.1, 0.15) is 66.2 Å². The van der Waals surface area contributed by atoms with Crippen LogP contribution in [0.2, 0.25) is 0 Å². The molecule has 5 nitrogen and oxygen atoms in total. The number of piperidine rings is 1. The Morgan fingerprint density at radius 3 is 2.33 bits per heavy atom. The van der Waals surface area contributed by atoms with E-state index in [0.29, 0.717) is 12.8 Å². The van der Waals surface area contributed by atoms with Gasteiger partial charge >= 0.3 is 0 Å². The summed E-state index contributed by atoms with van der Waals surface area (Å²) in [5.74, 6) is 0.105. The average Bonchev–Trinajstić information content (AvgIpc) is 2.44. The summed E-state index contributed by atoms with van der Waals surface area (Å²) in [5.41, 5.74) is 5.25. The molecule has 1 rings (SSSR count). The lowest BCUT2D eigenvalue weighted by Crippen LogP contribution is -2.55. The van der Waals surface area contributed by atoms with E-state index in [1.807, 2.05) is 18.7 Å². The number of rotatable bonds is 6. The summed E-state index contributed by atoms with van der Waals surface area (Å²) in [7, 11) is 0. The van der Waals surface area contributed by atoms with E-state index in [2.05, 4.69) is 19.0 Å². The fraction of sp³-hybridized carbons (Fsp3) is 0.875. The summed E-state index contributed by atoms with van der Waals surface area (Å²) in [5, 5.41) is 12.4. The van der Waals surface area contributed by atoms with E-state index in [9.17, 15) is 4.79 Å². The maximum absolute atomic E-state index is 13.1. The van der Waals surface area contributed by atoms with Gasteiger partial charge in [0.05, 0.1) is 0 Å². The number of hydrogen-bond acceptors (Lipinski definition) is 3. The molecule has 1 fully saturated rings. The number of carbonyl (C=O) groups excluding carboxylic acids is 1. The first-order valence-corrected chi connectivity index (χ1v) is 8.10. The van der Waals surface area contributed by atoms with Gasteiger partial charge in [0.25, 0.3) is 0 Å². The quantitative estimate of drug-likeness (QED) is 0.342. The molecule has 0 saturated carbocycles. The Hall–Kier alpha value is -1.26. The van der Waals surface area contributed by atoms with Crippen molar-refractivity contribution in [3.8, 4) is 0 Å². The van der Waals surface area contributed by atoms with Crippen molar-refractivity contribution < 1.29 is 10.0 Å². The zero-order chi connectivity index (χ0) is 16.1. The second kappa shape index (κ2) is 7.14. The van der Waals surface area contributed by atoms with E-state index in [-0.39, 0.29) is 17.2 Å². The van der Waals surface area contributed by atoms with Gasteiger partial charge in [0, 0.05) is 13.1 Å². The Morgan fingerprint density at radius 1 is 1.33 bits per heavy atom. The van der Waals surface area contributed by atoms with Gasteiger partial charge in [-0.25, -0.2) is 0 Å². The number of amidine groups is 1. The number of hydrogen-bond donors (Lipinski definition) is 2. The second-order valence-electron chi connectivity index (χ2n) is 7.06. The first kappa shape index (κ1) is 17.8. The maximum atomic E-state index is 13.1. The molecule has 0 aromatic heterocycles. The fourth-order valence-corrected chi connectivity index (χ4v) is 3.55. The zero-order valence-corrected chi connectivity index (χ0v) is 14.0. The first-order valence-electron chi connectivity index (χ1n) is 8.10. The molecular formula is C16H31N3O2. The molecule has 0 aliphatic carbocycles. The van der Waals surface area contributed by atoms with Crippen LogP contribution in [0.25, 0.3) is 0 Å². The van der Waals surface area contributed by atoms with Crippen molar-refractivity contribution in [3.63, 3.8) is 0 Å². The minimum Gasteiger partial charge on any atom is -0.409 e. The van der Waals surface area contributed by atoms with Gasteiger partial charge in [0.15, 0.2) is 5.84 Å². The molecule has 21 heavy (non-hydrogen) atoms. The normalized spacial score (nSPS) is 19.6. The molecule has 0 aromatic carbocycles. The highest BCUT2D eigenvalue weighted by molar-refractivity contribution is 6.06. The van der Waals surface area contributed by atoms with E-state index in [1.54, 1.807) is 0 Å². The topological polar surface area (TPSA) is 78.9 Å². The highest BCUT2D eigenvalue weighted by atomic mass is 16.4. The van der Waals surface area contributed by atoms with E-state index < -0.39 is 5.41 Å². The SMILES string of the molecule is CCCC(CCC)(C(=O)N1CCCC(C)(C)C1)C(N)=NO. The Kier molecular flexibility index (Phi) is 6.05. The molecular weight excluding hydrogens is 266 g/mol. The predicted octanol–water partition coefficient (Wildman–Crippen LogP) is 2.97. The molecule has 0 radical (unpaired) electrons. The van der Waals surface area contributed by atoms with Crippen molar-refractivity contribution in [3.05, 3.63) is 0 Å². The standard InChI is InChI=1S/C16H31N3O2/c1-5-8-16(9-6-2,13(17)18-21)14(20)19-11-7-10-15(3,4)12-19/h21H,5-12H2,1-4H3,(H2,17,18). The number of nitrogens with zero attached hydrogens (tertiary/aromatic N) is 2. The van der Waals surface area contributed by atoms with Crippen LogP contribution in [0.5, 0.6) is 0 Å². The van der Waals surface area contributed by atoms with Crippen LogP contribution in [0, 0.1) is 10.8 Å². The third-order valence-corrected chi connectivity index (χ3v) is 4.55. The molecule has 0 bridgehead atoms. The molecule has 5 heteroatoms. The predicted molar refractivity (Wildman–Crippen MR) is 85.3 cm³/mol. The van der Waals surface area contributed by atoms with Gasteiger partial charge in [-0.15, -0.1) is 0 Å². The molecule has 3 N–H and O–H groups in total. The van der Waals surface area contributed by atoms with Crippen LogP contribution >= 0.6 is 0 Å². The highest BCUT2D eigenvalue weighted by Gasteiger charge is 2.45. The van der Waals surface area contributed by atoms with Crippen molar-refractivity contribution in [2.45, 2.75) is 66.2 Å². The van der Waals surface area contributed by atoms with Crippen LogP contribution in [0.15, 0.2) is 5.16 Å². The number of likely N-dealkylation sites (tertiary alicyclic amines) is 1. The summed E-state index contributed by atoms with van der Waals surface area (Å²) in [6, 6.07) is 0.